The van der Waals surface area contributed by atoms with Crippen LogP contribution in [0.1, 0.15) is 41.9 Å². The van der Waals surface area contributed by atoms with E-state index in [4.69, 9.17) is 0 Å². The van der Waals surface area contributed by atoms with Crippen molar-refractivity contribution in [2.45, 2.75) is 32.2 Å². The maximum Gasteiger partial charge on any atom is 0.277 e. The van der Waals surface area contributed by atoms with Crippen molar-refractivity contribution in [3.8, 4) is 11.3 Å². The van der Waals surface area contributed by atoms with E-state index in [1.807, 2.05) is 29.9 Å². The monoisotopic (exact) mass is 365 g/mol. The molecule has 4 rings (SSSR count). The second-order valence-corrected chi connectivity index (χ2v) is 6.65. The molecule has 1 saturated heterocycles. The van der Waals surface area contributed by atoms with E-state index in [2.05, 4.69) is 30.9 Å². The van der Waals surface area contributed by atoms with Gasteiger partial charge in [-0.2, -0.15) is 10.2 Å². The van der Waals surface area contributed by atoms with E-state index in [1.165, 1.54) is 0 Å². The molecule has 0 aliphatic carbocycles. The number of hydrogen-bond acceptors (Lipinski definition) is 5. The number of carbonyl (C=O) groups is 1. The lowest BCUT2D eigenvalue weighted by Gasteiger charge is -2.22. The highest BCUT2D eigenvalue weighted by atomic mass is 16.2. The largest absolute Gasteiger partial charge is 0.315 e. The molecule has 1 unspecified atom stereocenters. The van der Waals surface area contributed by atoms with Crippen LogP contribution in [0.2, 0.25) is 0 Å². The van der Waals surface area contributed by atoms with Gasteiger partial charge >= 0.3 is 0 Å². The first-order chi connectivity index (χ1) is 13.3. The van der Waals surface area contributed by atoms with Crippen LogP contribution >= 0.6 is 0 Å². The van der Waals surface area contributed by atoms with Crippen molar-refractivity contribution in [2.75, 3.05) is 18.4 Å². The molecular formula is C19H23N7O. The normalized spacial score (nSPS) is 17.0. The summed E-state index contributed by atoms with van der Waals surface area (Å²) in [5.41, 5.74) is 3.25. The van der Waals surface area contributed by atoms with Gasteiger partial charge in [-0.05, 0) is 44.0 Å². The number of nitrogens with zero attached hydrogens (tertiary/aromatic N) is 4. The zero-order chi connectivity index (χ0) is 18.6. The number of H-pyrrole nitrogens is 1. The highest BCUT2D eigenvalue weighted by molar-refractivity contribution is 6.03. The molecule has 0 spiro atoms. The Hall–Kier alpha value is -3.00. The van der Waals surface area contributed by atoms with Gasteiger partial charge in [0.15, 0.2) is 11.5 Å². The first kappa shape index (κ1) is 17.4. The molecule has 3 N–H and O–H groups in total. The Balaban J connectivity index is 1.52. The maximum atomic E-state index is 12.7. The maximum absolute atomic E-state index is 12.7. The summed E-state index contributed by atoms with van der Waals surface area (Å²) >= 11 is 0. The van der Waals surface area contributed by atoms with Crippen molar-refractivity contribution in [1.82, 2.24) is 30.3 Å². The molecule has 27 heavy (non-hydrogen) atoms. The van der Waals surface area contributed by atoms with Crippen LogP contribution < -0.4 is 10.6 Å². The number of pyridine rings is 1. The third-order valence-corrected chi connectivity index (χ3v) is 4.91. The average Bonchev–Trinajstić information content (AvgIpc) is 3.36. The summed E-state index contributed by atoms with van der Waals surface area (Å²) in [5.74, 6) is 0.295. The first-order valence-corrected chi connectivity index (χ1v) is 9.31. The third kappa shape index (κ3) is 3.61. The Morgan fingerprint density at radius 1 is 1.33 bits per heavy atom. The molecule has 8 heteroatoms. The first-order valence-electron chi connectivity index (χ1n) is 9.31. The number of hydrogen-bond donors (Lipinski definition) is 3. The molecule has 0 saturated carbocycles. The average molecular weight is 365 g/mol. The van der Waals surface area contributed by atoms with Crippen LogP contribution in [0.15, 0.2) is 36.8 Å². The standard InChI is InChI=1S/C19H23N7O/c1-2-15-17(13-5-9-20-10-6-13)23-24-18(15)22-19(27)16-7-11-26(25-16)14-4-3-8-21-12-14/h5-7,9-11,14,21H,2-4,8,12H2,1H3,(H2,22,23,24,27). The summed E-state index contributed by atoms with van der Waals surface area (Å²) in [5, 5.41) is 18.1. The van der Waals surface area contributed by atoms with Crippen LogP contribution in [0.4, 0.5) is 5.82 Å². The van der Waals surface area contributed by atoms with Crippen LogP contribution in [0.5, 0.6) is 0 Å². The molecule has 1 fully saturated rings. The van der Waals surface area contributed by atoms with Crippen LogP contribution in [0.25, 0.3) is 11.3 Å². The van der Waals surface area contributed by atoms with Gasteiger partial charge < -0.3 is 10.6 Å². The molecule has 140 valence electrons. The Kier molecular flexibility index (Phi) is 4.97. The van der Waals surface area contributed by atoms with Crippen molar-refractivity contribution in [3.05, 3.63) is 48.0 Å². The summed E-state index contributed by atoms with van der Waals surface area (Å²) in [6.07, 6.45) is 8.29. The lowest BCUT2D eigenvalue weighted by molar-refractivity contribution is 0.102. The molecule has 0 bridgehead atoms. The summed E-state index contributed by atoms with van der Waals surface area (Å²) in [4.78, 5) is 16.7. The van der Waals surface area contributed by atoms with Gasteiger partial charge in [-0.1, -0.05) is 6.92 Å². The van der Waals surface area contributed by atoms with Gasteiger partial charge in [-0.15, -0.1) is 0 Å². The van der Waals surface area contributed by atoms with Crippen molar-refractivity contribution >= 4 is 11.7 Å². The molecule has 1 aliphatic rings. The number of piperidine rings is 1. The van der Waals surface area contributed by atoms with Crippen LogP contribution in [0, 0.1) is 0 Å². The van der Waals surface area contributed by atoms with Crippen molar-refractivity contribution in [1.29, 1.82) is 0 Å². The number of amides is 1. The molecule has 3 aromatic heterocycles. The topological polar surface area (TPSA) is 101 Å². The van der Waals surface area contributed by atoms with E-state index in [-0.39, 0.29) is 5.91 Å². The van der Waals surface area contributed by atoms with E-state index < -0.39 is 0 Å². The Bertz CT molecular complexity index is 909. The molecular weight excluding hydrogens is 342 g/mol. The second-order valence-electron chi connectivity index (χ2n) is 6.65. The number of rotatable bonds is 5. The molecule has 0 aromatic carbocycles. The van der Waals surface area contributed by atoms with Gasteiger partial charge in [-0.3, -0.25) is 19.6 Å². The predicted octanol–water partition coefficient (Wildman–Crippen LogP) is 2.41. The lowest BCUT2D eigenvalue weighted by atomic mass is 10.1. The molecule has 1 atom stereocenters. The van der Waals surface area contributed by atoms with Crippen LogP contribution in [-0.2, 0) is 6.42 Å². The molecule has 8 nitrogen and oxygen atoms in total. The fourth-order valence-electron chi connectivity index (χ4n) is 3.46. The fraction of sp³-hybridized carbons (Fsp3) is 0.368. The van der Waals surface area contributed by atoms with Gasteiger partial charge in [0.25, 0.3) is 5.91 Å². The van der Waals surface area contributed by atoms with E-state index in [1.54, 1.807) is 18.5 Å². The fourth-order valence-corrected chi connectivity index (χ4v) is 3.46. The minimum atomic E-state index is -0.250. The SMILES string of the molecule is CCc1c(NC(=O)c2ccn(C3CCCNC3)n2)n[nH]c1-c1ccncc1. The number of anilines is 1. The summed E-state index contributed by atoms with van der Waals surface area (Å²) < 4.78 is 1.88. The second kappa shape index (κ2) is 7.71. The number of aromatic nitrogens is 5. The Morgan fingerprint density at radius 3 is 2.93 bits per heavy atom. The Labute approximate surface area is 157 Å². The third-order valence-electron chi connectivity index (χ3n) is 4.91. The van der Waals surface area contributed by atoms with Gasteiger partial charge in [0.1, 0.15) is 0 Å². The van der Waals surface area contributed by atoms with Crippen LogP contribution in [-0.4, -0.2) is 44.0 Å². The van der Waals surface area contributed by atoms with Crippen molar-refractivity contribution in [3.63, 3.8) is 0 Å². The quantitative estimate of drug-likeness (QED) is 0.645. The lowest BCUT2D eigenvalue weighted by Crippen LogP contribution is -2.32. The minimum Gasteiger partial charge on any atom is -0.315 e. The van der Waals surface area contributed by atoms with Gasteiger partial charge in [0.2, 0.25) is 0 Å². The highest BCUT2D eigenvalue weighted by Crippen LogP contribution is 2.27. The van der Waals surface area contributed by atoms with Crippen molar-refractivity contribution < 1.29 is 4.79 Å². The van der Waals surface area contributed by atoms with Gasteiger partial charge in [-0.25, -0.2) is 0 Å². The van der Waals surface area contributed by atoms with Crippen LogP contribution in [0.3, 0.4) is 0 Å². The number of carbonyl (C=O) groups excluding carboxylic acids is 1. The zero-order valence-electron chi connectivity index (χ0n) is 15.3. The van der Waals surface area contributed by atoms with Gasteiger partial charge in [0, 0.05) is 36.3 Å². The highest BCUT2D eigenvalue weighted by Gasteiger charge is 2.20. The summed E-state index contributed by atoms with van der Waals surface area (Å²) in [7, 11) is 0. The number of aromatic amines is 1. The van der Waals surface area contributed by atoms with E-state index in [9.17, 15) is 4.79 Å². The summed E-state index contributed by atoms with van der Waals surface area (Å²) in [6, 6.07) is 5.89. The van der Waals surface area contributed by atoms with E-state index in [0.29, 0.717) is 17.6 Å². The molecule has 0 radical (unpaired) electrons. The molecule has 1 aliphatic heterocycles. The predicted molar refractivity (Wildman–Crippen MR) is 103 cm³/mol. The molecule has 3 aromatic rings. The summed E-state index contributed by atoms with van der Waals surface area (Å²) in [6.45, 7) is 3.97. The van der Waals surface area contributed by atoms with Crippen molar-refractivity contribution in [2.24, 2.45) is 0 Å². The Morgan fingerprint density at radius 2 is 2.19 bits per heavy atom. The zero-order valence-corrected chi connectivity index (χ0v) is 15.3. The number of nitrogens with one attached hydrogen (secondary N) is 3. The van der Waals surface area contributed by atoms with E-state index in [0.717, 1.165) is 49.2 Å². The molecule has 4 heterocycles. The molecule has 1 amide bonds. The van der Waals surface area contributed by atoms with Gasteiger partial charge in [0.05, 0.1) is 11.7 Å². The smallest absolute Gasteiger partial charge is 0.277 e. The minimum absolute atomic E-state index is 0.250. The van der Waals surface area contributed by atoms with E-state index >= 15 is 0 Å².